The number of thiazole rings is 1. The van der Waals surface area contributed by atoms with Crippen LogP contribution in [0.1, 0.15) is 35.2 Å². The summed E-state index contributed by atoms with van der Waals surface area (Å²) in [7, 11) is 1.56. The predicted molar refractivity (Wildman–Crippen MR) is 189 cm³/mol. The first-order valence-corrected chi connectivity index (χ1v) is 16.9. The van der Waals surface area contributed by atoms with Gasteiger partial charge >= 0.3 is 5.97 Å². The third-order valence-electron chi connectivity index (χ3n) is 7.38. The number of carbonyl (C=O) groups excluding carboxylic acids is 1. The number of fused-ring (bicyclic) bond motifs is 1. The van der Waals surface area contributed by atoms with Crippen LogP contribution in [0.25, 0.3) is 11.8 Å². The van der Waals surface area contributed by atoms with Gasteiger partial charge in [-0.25, -0.2) is 9.79 Å². The van der Waals surface area contributed by atoms with E-state index in [1.54, 1.807) is 48.9 Å². The van der Waals surface area contributed by atoms with E-state index < -0.39 is 12.0 Å². The highest BCUT2D eigenvalue weighted by Crippen LogP contribution is 2.38. The maximum atomic E-state index is 14.2. The minimum atomic E-state index is -0.802. The largest absolute Gasteiger partial charge is 0.493 e. The van der Waals surface area contributed by atoms with Gasteiger partial charge < -0.3 is 14.2 Å². The van der Waals surface area contributed by atoms with Gasteiger partial charge in [0.25, 0.3) is 5.56 Å². The third kappa shape index (κ3) is 6.94. The maximum Gasteiger partial charge on any atom is 0.338 e. The quantitative estimate of drug-likeness (QED) is 0.145. The van der Waals surface area contributed by atoms with Crippen LogP contribution in [-0.4, -0.2) is 24.3 Å². The van der Waals surface area contributed by atoms with E-state index >= 15 is 0 Å². The highest BCUT2D eigenvalue weighted by molar-refractivity contribution is 9.10. The Morgan fingerprint density at radius 3 is 2.47 bits per heavy atom. The van der Waals surface area contributed by atoms with Gasteiger partial charge in [-0.2, -0.15) is 0 Å². The molecule has 0 amide bonds. The van der Waals surface area contributed by atoms with Gasteiger partial charge in [0.15, 0.2) is 16.3 Å². The molecule has 1 aliphatic rings. The lowest BCUT2D eigenvalue weighted by Crippen LogP contribution is -2.40. The molecule has 0 radical (unpaired) electrons. The van der Waals surface area contributed by atoms with Gasteiger partial charge in [-0.05, 0) is 82.0 Å². The van der Waals surface area contributed by atoms with E-state index in [-0.39, 0.29) is 24.3 Å². The molecule has 4 aromatic carbocycles. The molecular weight excluding hydrogens is 723 g/mol. The van der Waals surface area contributed by atoms with Crippen molar-refractivity contribution < 1.29 is 19.0 Å². The van der Waals surface area contributed by atoms with Crippen LogP contribution in [0.15, 0.2) is 111 Å². The van der Waals surface area contributed by atoms with Crippen molar-refractivity contribution >= 4 is 68.2 Å². The number of hydrogen-bond donors (Lipinski definition) is 0. The molecule has 5 aromatic rings. The molecule has 0 aliphatic carbocycles. The van der Waals surface area contributed by atoms with Crippen LogP contribution in [0.3, 0.4) is 0 Å². The van der Waals surface area contributed by atoms with Gasteiger partial charge in [-0.3, -0.25) is 9.36 Å². The second-order valence-corrected chi connectivity index (χ2v) is 13.2. The van der Waals surface area contributed by atoms with E-state index in [0.717, 1.165) is 11.1 Å². The third-order valence-corrected chi connectivity index (χ3v) is 9.44. The molecule has 7 nitrogen and oxygen atoms in total. The molecule has 0 saturated carbocycles. The van der Waals surface area contributed by atoms with Gasteiger partial charge in [-0.1, -0.05) is 89.1 Å². The van der Waals surface area contributed by atoms with Crippen LogP contribution in [-0.2, 0) is 16.1 Å². The summed E-state index contributed by atoms with van der Waals surface area (Å²) in [5.74, 6) is 0.446. The van der Waals surface area contributed by atoms with Crippen molar-refractivity contribution in [3.05, 3.63) is 153 Å². The molecule has 0 bridgehead atoms. The molecule has 6 rings (SSSR count). The number of hydrogen-bond acceptors (Lipinski definition) is 7. The molecule has 1 aromatic heterocycles. The van der Waals surface area contributed by atoms with E-state index in [1.807, 2.05) is 66.7 Å². The molecule has 238 valence electrons. The number of carbonyl (C=O) groups is 1. The van der Waals surface area contributed by atoms with Crippen molar-refractivity contribution in [1.29, 1.82) is 0 Å². The number of ether oxygens (including phenoxy) is 3. The first-order chi connectivity index (χ1) is 22.8. The second kappa shape index (κ2) is 14.3. The Kier molecular flexibility index (Phi) is 9.98. The van der Waals surface area contributed by atoms with Crippen molar-refractivity contribution in [1.82, 2.24) is 4.57 Å². The highest BCUT2D eigenvalue weighted by Gasteiger charge is 2.35. The standard InChI is InChI=1S/C36H27BrCl2N2O5S/c1-3-45-35(43)30-31(23-9-5-4-6-10-23)40-36-41(32(30)24-12-14-25(38)15-13-24)34(42)29(47-36)19-22-17-27(37)33(28(18-22)44-2)46-20-21-8-7-11-26(39)16-21/h4-19,32H,3,20H2,1-2H3/b29-19-/t32-/m1/s1. The summed E-state index contributed by atoms with van der Waals surface area (Å²) in [6.45, 7) is 2.19. The lowest BCUT2D eigenvalue weighted by Gasteiger charge is -2.25. The Labute approximate surface area is 293 Å². The number of aromatic nitrogens is 1. The van der Waals surface area contributed by atoms with Crippen molar-refractivity contribution in [3.8, 4) is 11.5 Å². The van der Waals surface area contributed by atoms with Crippen LogP contribution in [0.4, 0.5) is 0 Å². The molecule has 0 N–H and O–H groups in total. The summed E-state index contributed by atoms with van der Waals surface area (Å²) in [4.78, 5) is 33.2. The van der Waals surface area contributed by atoms with Gasteiger partial charge in [0, 0.05) is 15.6 Å². The highest BCUT2D eigenvalue weighted by atomic mass is 79.9. The number of esters is 1. The average Bonchev–Trinajstić information content (AvgIpc) is 3.38. The molecule has 0 spiro atoms. The Hall–Kier alpha value is -4.15. The average molecular weight is 750 g/mol. The Morgan fingerprint density at radius 2 is 1.77 bits per heavy atom. The van der Waals surface area contributed by atoms with Crippen molar-refractivity contribution in [2.75, 3.05) is 13.7 Å². The molecule has 0 saturated heterocycles. The fraction of sp³-hybridized carbons (Fsp3) is 0.139. The van der Waals surface area contributed by atoms with Crippen molar-refractivity contribution in [2.24, 2.45) is 4.99 Å². The summed E-state index contributed by atoms with van der Waals surface area (Å²) in [5, 5.41) is 1.16. The van der Waals surface area contributed by atoms with E-state index in [0.29, 0.717) is 52.2 Å². The molecule has 47 heavy (non-hydrogen) atoms. The van der Waals surface area contributed by atoms with Crippen LogP contribution < -0.4 is 24.4 Å². The maximum absolute atomic E-state index is 14.2. The predicted octanol–water partition coefficient (Wildman–Crippen LogP) is 7.59. The van der Waals surface area contributed by atoms with Crippen molar-refractivity contribution in [3.63, 3.8) is 0 Å². The minimum Gasteiger partial charge on any atom is -0.493 e. The fourth-order valence-corrected chi connectivity index (χ4v) is 7.21. The number of rotatable bonds is 9. The Bertz CT molecular complexity index is 2180. The first-order valence-electron chi connectivity index (χ1n) is 14.6. The molecular formula is C36H27BrCl2N2O5S. The monoisotopic (exact) mass is 748 g/mol. The smallest absolute Gasteiger partial charge is 0.338 e. The van der Waals surface area contributed by atoms with Gasteiger partial charge in [0.2, 0.25) is 0 Å². The van der Waals surface area contributed by atoms with Crippen LogP contribution >= 0.6 is 50.5 Å². The summed E-state index contributed by atoms with van der Waals surface area (Å²) in [6.07, 6.45) is 1.77. The van der Waals surface area contributed by atoms with Crippen LogP contribution in [0.2, 0.25) is 10.0 Å². The second-order valence-electron chi connectivity index (χ2n) is 10.4. The first kappa shape index (κ1) is 32.8. The number of methoxy groups -OCH3 is 1. The zero-order valence-electron chi connectivity index (χ0n) is 25.2. The normalized spacial score (nSPS) is 14.4. The summed E-state index contributed by atoms with van der Waals surface area (Å²) < 4.78 is 19.9. The molecule has 1 aliphatic heterocycles. The number of benzene rings is 4. The topological polar surface area (TPSA) is 79.1 Å². The van der Waals surface area contributed by atoms with Gasteiger partial charge in [0.1, 0.15) is 6.61 Å². The summed E-state index contributed by atoms with van der Waals surface area (Å²) >= 11 is 17.2. The molecule has 0 fully saturated rings. The van der Waals surface area contributed by atoms with E-state index in [1.165, 1.54) is 11.3 Å². The van der Waals surface area contributed by atoms with Crippen molar-refractivity contribution in [2.45, 2.75) is 19.6 Å². The van der Waals surface area contributed by atoms with Crippen LogP contribution in [0.5, 0.6) is 11.5 Å². The van der Waals surface area contributed by atoms with Crippen LogP contribution in [0, 0.1) is 0 Å². The SMILES string of the molecule is CCOC(=O)C1=C(c2ccccc2)N=c2s/c(=C\c3cc(Br)c(OCc4cccc(Cl)c4)c(OC)c3)c(=O)n2[C@@H]1c1ccc(Cl)cc1. The summed E-state index contributed by atoms with van der Waals surface area (Å²) in [6, 6.07) is 26.8. The lowest BCUT2D eigenvalue weighted by molar-refractivity contribution is -0.138. The number of nitrogens with zero attached hydrogens (tertiary/aromatic N) is 2. The van der Waals surface area contributed by atoms with E-state index in [4.69, 9.17) is 42.4 Å². The zero-order valence-corrected chi connectivity index (χ0v) is 29.1. The van der Waals surface area contributed by atoms with E-state index in [9.17, 15) is 9.59 Å². The Morgan fingerprint density at radius 1 is 1.00 bits per heavy atom. The number of halogens is 3. The molecule has 11 heteroatoms. The molecule has 2 heterocycles. The van der Waals surface area contributed by atoms with Gasteiger partial charge in [-0.15, -0.1) is 0 Å². The lowest BCUT2D eigenvalue weighted by atomic mass is 9.93. The molecule has 0 unspecified atom stereocenters. The summed E-state index contributed by atoms with van der Waals surface area (Å²) in [5.41, 5.74) is 3.44. The Balaban J connectivity index is 1.49. The minimum absolute atomic E-state index is 0.164. The van der Waals surface area contributed by atoms with Gasteiger partial charge in [0.05, 0.1) is 40.0 Å². The van der Waals surface area contributed by atoms with E-state index in [2.05, 4.69) is 15.9 Å². The zero-order chi connectivity index (χ0) is 33.1. The molecule has 1 atom stereocenters. The fourth-order valence-electron chi connectivity index (χ4n) is 5.30.